The quantitative estimate of drug-likeness (QED) is 0.759. The summed E-state index contributed by atoms with van der Waals surface area (Å²) in [5.74, 6) is 1.47. The normalized spacial score (nSPS) is 11.4. The van der Waals surface area contributed by atoms with E-state index in [0.29, 0.717) is 16.5 Å². The molecule has 0 aliphatic carbocycles. The van der Waals surface area contributed by atoms with E-state index >= 15 is 0 Å². The minimum atomic E-state index is 0.00419. The first kappa shape index (κ1) is 14.7. The molecule has 0 atom stereocenters. The SMILES string of the molecule is Cc1ccc(C(C)(C)C)c(Oc2ccc(Cl)cc2N)c1. The highest BCUT2D eigenvalue weighted by Crippen LogP contribution is 2.37. The van der Waals surface area contributed by atoms with E-state index in [4.69, 9.17) is 22.1 Å². The van der Waals surface area contributed by atoms with E-state index in [9.17, 15) is 0 Å². The molecule has 0 aliphatic rings. The van der Waals surface area contributed by atoms with Crippen LogP contribution in [0.1, 0.15) is 31.9 Å². The highest BCUT2D eigenvalue weighted by molar-refractivity contribution is 6.30. The van der Waals surface area contributed by atoms with Gasteiger partial charge in [-0.3, -0.25) is 0 Å². The van der Waals surface area contributed by atoms with Crippen molar-refractivity contribution in [3.05, 3.63) is 52.5 Å². The summed E-state index contributed by atoms with van der Waals surface area (Å²) in [6.07, 6.45) is 0. The Balaban J connectivity index is 2.45. The number of anilines is 1. The summed E-state index contributed by atoms with van der Waals surface area (Å²) >= 11 is 5.91. The number of nitrogen functional groups attached to an aromatic ring is 1. The Hall–Kier alpha value is -1.67. The third kappa shape index (κ3) is 3.26. The molecule has 0 saturated carbocycles. The maximum atomic E-state index is 6.02. The standard InChI is InChI=1S/C17H20ClNO/c1-11-5-7-13(17(2,3)4)16(9-11)20-15-8-6-12(18)10-14(15)19/h5-10H,19H2,1-4H3. The zero-order chi connectivity index (χ0) is 14.9. The fraction of sp³-hybridized carbons (Fsp3) is 0.294. The van der Waals surface area contributed by atoms with E-state index in [-0.39, 0.29) is 5.41 Å². The minimum absolute atomic E-state index is 0.00419. The monoisotopic (exact) mass is 289 g/mol. The summed E-state index contributed by atoms with van der Waals surface area (Å²) < 4.78 is 6.02. The predicted octanol–water partition coefficient (Wildman–Crippen LogP) is 5.32. The smallest absolute Gasteiger partial charge is 0.150 e. The van der Waals surface area contributed by atoms with Crippen molar-refractivity contribution in [2.24, 2.45) is 0 Å². The van der Waals surface area contributed by atoms with E-state index in [1.54, 1.807) is 18.2 Å². The Morgan fingerprint density at radius 1 is 1.00 bits per heavy atom. The number of hydrogen-bond acceptors (Lipinski definition) is 2. The molecule has 0 unspecified atom stereocenters. The van der Waals surface area contributed by atoms with Crippen molar-refractivity contribution in [3.63, 3.8) is 0 Å². The molecule has 0 bridgehead atoms. The highest BCUT2D eigenvalue weighted by Gasteiger charge is 2.19. The van der Waals surface area contributed by atoms with Crippen LogP contribution < -0.4 is 10.5 Å². The van der Waals surface area contributed by atoms with E-state index in [1.165, 1.54) is 0 Å². The second-order valence-corrected chi connectivity index (χ2v) is 6.47. The van der Waals surface area contributed by atoms with Gasteiger partial charge in [-0.15, -0.1) is 0 Å². The van der Waals surface area contributed by atoms with Crippen LogP contribution in [0.15, 0.2) is 36.4 Å². The molecule has 20 heavy (non-hydrogen) atoms. The number of rotatable bonds is 2. The summed E-state index contributed by atoms with van der Waals surface area (Å²) in [7, 11) is 0. The Labute approximate surface area is 125 Å². The third-order valence-electron chi connectivity index (χ3n) is 3.14. The van der Waals surface area contributed by atoms with Crippen LogP contribution in [0.4, 0.5) is 5.69 Å². The number of nitrogens with two attached hydrogens (primary N) is 1. The van der Waals surface area contributed by atoms with Gasteiger partial charge in [0.05, 0.1) is 5.69 Å². The molecule has 106 valence electrons. The van der Waals surface area contributed by atoms with Crippen LogP contribution in [-0.2, 0) is 5.41 Å². The number of aryl methyl sites for hydroxylation is 1. The molecule has 0 radical (unpaired) electrons. The van der Waals surface area contributed by atoms with Gasteiger partial charge in [-0.05, 0) is 42.2 Å². The Kier molecular flexibility index (Phi) is 3.96. The minimum Gasteiger partial charge on any atom is -0.455 e. The zero-order valence-corrected chi connectivity index (χ0v) is 13.1. The Bertz CT molecular complexity index is 629. The average molecular weight is 290 g/mol. The number of benzene rings is 2. The largest absolute Gasteiger partial charge is 0.455 e. The molecule has 0 saturated heterocycles. The van der Waals surface area contributed by atoms with Crippen LogP contribution in [0.5, 0.6) is 11.5 Å². The number of hydrogen-bond donors (Lipinski definition) is 1. The van der Waals surface area contributed by atoms with Gasteiger partial charge in [0.2, 0.25) is 0 Å². The number of ether oxygens (including phenoxy) is 1. The van der Waals surface area contributed by atoms with Gasteiger partial charge >= 0.3 is 0 Å². The van der Waals surface area contributed by atoms with Crippen LogP contribution in [0.25, 0.3) is 0 Å². The second kappa shape index (κ2) is 5.37. The molecule has 2 aromatic rings. The summed E-state index contributed by atoms with van der Waals surface area (Å²) in [6, 6.07) is 11.5. The first-order valence-electron chi connectivity index (χ1n) is 6.61. The van der Waals surface area contributed by atoms with Gasteiger partial charge in [-0.25, -0.2) is 0 Å². The molecule has 2 aromatic carbocycles. The van der Waals surface area contributed by atoms with Crippen molar-refractivity contribution in [1.29, 1.82) is 0 Å². The topological polar surface area (TPSA) is 35.2 Å². The lowest BCUT2D eigenvalue weighted by Crippen LogP contribution is -2.12. The summed E-state index contributed by atoms with van der Waals surface area (Å²) in [5.41, 5.74) is 8.81. The van der Waals surface area contributed by atoms with Crippen LogP contribution in [0, 0.1) is 6.92 Å². The van der Waals surface area contributed by atoms with Crippen LogP contribution in [0.2, 0.25) is 5.02 Å². The first-order chi connectivity index (χ1) is 9.27. The van der Waals surface area contributed by atoms with Crippen LogP contribution in [-0.4, -0.2) is 0 Å². The summed E-state index contributed by atoms with van der Waals surface area (Å²) in [4.78, 5) is 0. The first-order valence-corrected chi connectivity index (χ1v) is 6.99. The van der Waals surface area contributed by atoms with E-state index in [0.717, 1.165) is 16.9 Å². The molecule has 2 nitrogen and oxygen atoms in total. The lowest BCUT2D eigenvalue weighted by atomic mass is 9.86. The van der Waals surface area contributed by atoms with Gasteiger partial charge in [-0.2, -0.15) is 0 Å². The van der Waals surface area contributed by atoms with E-state index < -0.39 is 0 Å². The van der Waals surface area contributed by atoms with Crippen molar-refractivity contribution in [2.75, 3.05) is 5.73 Å². The van der Waals surface area contributed by atoms with Crippen molar-refractivity contribution >= 4 is 17.3 Å². The molecule has 3 heteroatoms. The molecule has 0 spiro atoms. The van der Waals surface area contributed by atoms with Crippen LogP contribution in [0.3, 0.4) is 0 Å². The molecule has 2 N–H and O–H groups in total. The second-order valence-electron chi connectivity index (χ2n) is 6.03. The van der Waals surface area contributed by atoms with Gasteiger partial charge < -0.3 is 10.5 Å². The maximum absolute atomic E-state index is 6.02. The summed E-state index contributed by atoms with van der Waals surface area (Å²) in [5, 5.41) is 0.607. The fourth-order valence-corrected chi connectivity index (χ4v) is 2.24. The van der Waals surface area contributed by atoms with Gasteiger partial charge in [0, 0.05) is 10.6 Å². The zero-order valence-electron chi connectivity index (χ0n) is 12.3. The molecular formula is C17H20ClNO. The summed E-state index contributed by atoms with van der Waals surface area (Å²) in [6.45, 7) is 8.53. The average Bonchev–Trinajstić information content (AvgIpc) is 2.31. The molecule has 0 fully saturated rings. The van der Waals surface area contributed by atoms with Crippen LogP contribution >= 0.6 is 11.6 Å². The molecule has 0 heterocycles. The van der Waals surface area contributed by atoms with Crippen molar-refractivity contribution in [1.82, 2.24) is 0 Å². The molecule has 2 rings (SSSR count). The molecule has 0 aliphatic heterocycles. The Morgan fingerprint density at radius 2 is 1.70 bits per heavy atom. The molecule has 0 aromatic heterocycles. The highest BCUT2D eigenvalue weighted by atomic mass is 35.5. The van der Waals surface area contributed by atoms with E-state index in [2.05, 4.69) is 32.9 Å². The van der Waals surface area contributed by atoms with Crippen molar-refractivity contribution in [2.45, 2.75) is 33.1 Å². The van der Waals surface area contributed by atoms with Crippen molar-refractivity contribution in [3.8, 4) is 11.5 Å². The maximum Gasteiger partial charge on any atom is 0.150 e. The molecule has 0 amide bonds. The van der Waals surface area contributed by atoms with Gasteiger partial charge in [-0.1, -0.05) is 44.5 Å². The lowest BCUT2D eigenvalue weighted by molar-refractivity contribution is 0.457. The van der Waals surface area contributed by atoms with Gasteiger partial charge in [0.25, 0.3) is 0 Å². The predicted molar refractivity (Wildman–Crippen MR) is 85.8 cm³/mol. The van der Waals surface area contributed by atoms with E-state index in [1.807, 2.05) is 13.0 Å². The van der Waals surface area contributed by atoms with Gasteiger partial charge in [0.1, 0.15) is 11.5 Å². The lowest BCUT2D eigenvalue weighted by Gasteiger charge is -2.23. The number of halogens is 1. The van der Waals surface area contributed by atoms with Gasteiger partial charge in [0.15, 0.2) is 0 Å². The molecular weight excluding hydrogens is 270 g/mol. The fourth-order valence-electron chi connectivity index (χ4n) is 2.06. The third-order valence-corrected chi connectivity index (χ3v) is 3.37. The van der Waals surface area contributed by atoms with Crippen molar-refractivity contribution < 1.29 is 4.74 Å². The Morgan fingerprint density at radius 3 is 2.30 bits per heavy atom.